The van der Waals surface area contributed by atoms with Gasteiger partial charge in [-0.05, 0) is 55.3 Å². The lowest BCUT2D eigenvalue weighted by atomic mass is 10.1. The highest BCUT2D eigenvalue weighted by Crippen LogP contribution is 2.31. The van der Waals surface area contributed by atoms with Crippen molar-refractivity contribution in [1.29, 1.82) is 0 Å². The minimum atomic E-state index is -4.36. The van der Waals surface area contributed by atoms with Crippen LogP contribution in [0.4, 0.5) is 19.0 Å². The van der Waals surface area contributed by atoms with Gasteiger partial charge in [0.25, 0.3) is 0 Å². The van der Waals surface area contributed by atoms with Crippen LogP contribution in [0, 0.1) is 0 Å². The number of nitrogens with zero attached hydrogens (tertiary/aromatic N) is 3. The molecule has 0 saturated carbocycles. The van der Waals surface area contributed by atoms with E-state index in [1.807, 2.05) is 23.2 Å². The van der Waals surface area contributed by atoms with E-state index in [4.69, 9.17) is 5.73 Å². The summed E-state index contributed by atoms with van der Waals surface area (Å²) in [4.78, 5) is 23.0. The summed E-state index contributed by atoms with van der Waals surface area (Å²) in [5.74, 6) is -0.0688. The summed E-state index contributed by atoms with van der Waals surface area (Å²) in [6, 6.07) is 7.51. The van der Waals surface area contributed by atoms with E-state index in [0.717, 1.165) is 61.1 Å². The Labute approximate surface area is 177 Å². The summed E-state index contributed by atoms with van der Waals surface area (Å²) in [5, 5.41) is 1.01. The van der Waals surface area contributed by atoms with Gasteiger partial charge in [0.1, 0.15) is 5.82 Å². The lowest BCUT2D eigenvalue weighted by Gasteiger charge is -2.35. The van der Waals surface area contributed by atoms with Gasteiger partial charge < -0.3 is 15.6 Å². The SMILES string of the molecule is NC(=O)c1ccc2[nH]cc(CCCN3CCN(c4cc(C(F)(F)F)ccn4)CC3)c2c1. The number of rotatable bonds is 6. The standard InChI is InChI=1S/C22H24F3N5O/c23-22(24,25)17-5-6-27-20(13-17)30-10-8-29(9-11-30)7-1-2-16-14-28-19-4-3-15(21(26)31)12-18(16)19/h3-6,12-14,28H,1-2,7-11H2,(H2,26,31). The number of amides is 1. The Hall–Kier alpha value is -3.07. The molecule has 2 aromatic heterocycles. The van der Waals surface area contributed by atoms with E-state index in [9.17, 15) is 18.0 Å². The van der Waals surface area contributed by atoms with E-state index in [1.54, 1.807) is 6.07 Å². The third-order valence-corrected chi connectivity index (χ3v) is 5.74. The molecule has 4 rings (SSSR count). The molecular weight excluding hydrogens is 407 g/mol. The Kier molecular flexibility index (Phi) is 5.86. The van der Waals surface area contributed by atoms with Crippen molar-refractivity contribution >= 4 is 22.6 Å². The molecule has 0 unspecified atom stereocenters. The first-order chi connectivity index (χ1) is 14.8. The van der Waals surface area contributed by atoms with Crippen LogP contribution in [-0.4, -0.2) is 53.5 Å². The lowest BCUT2D eigenvalue weighted by Crippen LogP contribution is -2.47. The second kappa shape index (κ2) is 8.58. The molecular formula is C22H24F3N5O. The molecule has 0 spiro atoms. The third kappa shape index (κ3) is 4.82. The van der Waals surface area contributed by atoms with Crippen LogP contribution >= 0.6 is 0 Å². The lowest BCUT2D eigenvalue weighted by molar-refractivity contribution is -0.137. The average molecular weight is 431 g/mol. The van der Waals surface area contributed by atoms with Crippen LogP contribution in [0.1, 0.15) is 27.9 Å². The fourth-order valence-electron chi connectivity index (χ4n) is 4.00. The number of hydrogen-bond acceptors (Lipinski definition) is 4. The number of anilines is 1. The van der Waals surface area contributed by atoms with E-state index in [1.165, 1.54) is 6.20 Å². The minimum Gasteiger partial charge on any atom is -0.366 e. The first-order valence-corrected chi connectivity index (χ1v) is 10.2. The highest BCUT2D eigenvalue weighted by molar-refractivity contribution is 5.97. The molecule has 3 N–H and O–H groups in total. The number of halogens is 3. The van der Waals surface area contributed by atoms with Crippen molar-refractivity contribution in [2.75, 3.05) is 37.6 Å². The molecule has 1 aliphatic heterocycles. The van der Waals surface area contributed by atoms with Gasteiger partial charge in [-0.25, -0.2) is 4.98 Å². The minimum absolute atomic E-state index is 0.374. The van der Waals surface area contributed by atoms with Crippen LogP contribution in [0.25, 0.3) is 10.9 Å². The molecule has 1 saturated heterocycles. The van der Waals surface area contributed by atoms with Crippen molar-refractivity contribution in [3.63, 3.8) is 0 Å². The van der Waals surface area contributed by atoms with Crippen molar-refractivity contribution in [3.8, 4) is 0 Å². The number of carbonyl (C=O) groups is 1. The number of carbonyl (C=O) groups excluding carboxylic acids is 1. The predicted molar refractivity (Wildman–Crippen MR) is 113 cm³/mol. The van der Waals surface area contributed by atoms with E-state index < -0.39 is 17.6 Å². The molecule has 0 radical (unpaired) electrons. The Morgan fingerprint density at radius 1 is 1.13 bits per heavy atom. The maximum absolute atomic E-state index is 12.9. The fraction of sp³-hybridized carbons (Fsp3) is 0.364. The van der Waals surface area contributed by atoms with Gasteiger partial charge in [0.05, 0.1) is 5.56 Å². The second-order valence-corrected chi connectivity index (χ2v) is 7.77. The zero-order valence-corrected chi connectivity index (χ0v) is 17.0. The Balaban J connectivity index is 1.30. The van der Waals surface area contributed by atoms with Gasteiger partial charge in [-0.3, -0.25) is 9.69 Å². The number of aryl methyl sites for hydroxylation is 1. The number of nitrogens with one attached hydrogen (secondary N) is 1. The molecule has 31 heavy (non-hydrogen) atoms. The van der Waals surface area contributed by atoms with Gasteiger partial charge >= 0.3 is 6.18 Å². The van der Waals surface area contributed by atoms with Gasteiger partial charge in [-0.2, -0.15) is 13.2 Å². The zero-order valence-electron chi connectivity index (χ0n) is 17.0. The van der Waals surface area contributed by atoms with E-state index in [-0.39, 0.29) is 0 Å². The molecule has 0 aliphatic carbocycles. The highest BCUT2D eigenvalue weighted by Gasteiger charge is 2.31. The van der Waals surface area contributed by atoms with Crippen molar-refractivity contribution in [1.82, 2.24) is 14.9 Å². The van der Waals surface area contributed by atoms with Crippen molar-refractivity contribution < 1.29 is 18.0 Å². The molecule has 1 fully saturated rings. The maximum atomic E-state index is 12.9. The first kappa shape index (κ1) is 21.2. The molecule has 9 heteroatoms. The van der Waals surface area contributed by atoms with Gasteiger partial charge in [0.15, 0.2) is 0 Å². The Bertz CT molecular complexity index is 1070. The summed E-state index contributed by atoms with van der Waals surface area (Å²) in [5.41, 5.74) is 7.33. The van der Waals surface area contributed by atoms with Crippen LogP contribution in [0.5, 0.6) is 0 Å². The van der Waals surface area contributed by atoms with Gasteiger partial charge in [-0.15, -0.1) is 0 Å². The van der Waals surface area contributed by atoms with Crippen LogP contribution < -0.4 is 10.6 Å². The molecule has 1 aromatic carbocycles. The molecule has 1 aliphatic rings. The second-order valence-electron chi connectivity index (χ2n) is 7.77. The van der Waals surface area contributed by atoms with Crippen LogP contribution in [0.3, 0.4) is 0 Å². The summed E-state index contributed by atoms with van der Waals surface area (Å²) in [6.07, 6.45) is 0.620. The number of H-pyrrole nitrogens is 1. The highest BCUT2D eigenvalue weighted by atomic mass is 19.4. The monoisotopic (exact) mass is 431 g/mol. The number of aromatic nitrogens is 2. The number of primary amides is 1. The number of alkyl halides is 3. The average Bonchev–Trinajstić information content (AvgIpc) is 3.16. The topological polar surface area (TPSA) is 78.2 Å². The Morgan fingerprint density at radius 2 is 1.90 bits per heavy atom. The number of aromatic amines is 1. The van der Waals surface area contributed by atoms with Crippen LogP contribution in [-0.2, 0) is 12.6 Å². The van der Waals surface area contributed by atoms with Gasteiger partial charge in [-0.1, -0.05) is 0 Å². The smallest absolute Gasteiger partial charge is 0.366 e. The molecule has 3 heterocycles. The molecule has 6 nitrogen and oxygen atoms in total. The number of nitrogens with two attached hydrogens (primary N) is 1. The first-order valence-electron chi connectivity index (χ1n) is 10.2. The van der Waals surface area contributed by atoms with E-state index in [0.29, 0.717) is 24.5 Å². The maximum Gasteiger partial charge on any atom is 0.416 e. The summed E-state index contributed by atoms with van der Waals surface area (Å²) < 4.78 is 38.8. The summed E-state index contributed by atoms with van der Waals surface area (Å²) in [7, 11) is 0. The fourth-order valence-corrected chi connectivity index (χ4v) is 4.00. The van der Waals surface area contributed by atoms with Crippen LogP contribution in [0.2, 0.25) is 0 Å². The molecule has 1 amide bonds. The molecule has 0 bridgehead atoms. The van der Waals surface area contributed by atoms with Crippen LogP contribution in [0.15, 0.2) is 42.7 Å². The number of benzene rings is 1. The van der Waals surface area contributed by atoms with Gasteiger partial charge in [0.2, 0.25) is 5.91 Å². The zero-order chi connectivity index (χ0) is 22.0. The normalized spacial score (nSPS) is 15.5. The van der Waals surface area contributed by atoms with Crippen molar-refractivity contribution in [2.24, 2.45) is 5.73 Å². The van der Waals surface area contributed by atoms with E-state index in [2.05, 4.69) is 14.9 Å². The largest absolute Gasteiger partial charge is 0.416 e. The number of piperazine rings is 1. The molecule has 0 atom stereocenters. The quantitative estimate of drug-likeness (QED) is 0.627. The summed E-state index contributed by atoms with van der Waals surface area (Å²) >= 11 is 0. The Morgan fingerprint density at radius 3 is 2.61 bits per heavy atom. The summed E-state index contributed by atoms with van der Waals surface area (Å²) in [6.45, 7) is 3.73. The molecule has 164 valence electrons. The van der Waals surface area contributed by atoms with Crippen molar-refractivity contribution in [3.05, 3.63) is 59.4 Å². The number of pyridine rings is 1. The van der Waals surface area contributed by atoms with Crippen molar-refractivity contribution in [2.45, 2.75) is 19.0 Å². The number of hydrogen-bond donors (Lipinski definition) is 2. The predicted octanol–water partition coefficient (Wildman–Crippen LogP) is 3.44. The van der Waals surface area contributed by atoms with Gasteiger partial charge in [0, 0.05) is 55.0 Å². The number of fused-ring (bicyclic) bond motifs is 1. The third-order valence-electron chi connectivity index (χ3n) is 5.74. The molecule has 3 aromatic rings. The van der Waals surface area contributed by atoms with E-state index >= 15 is 0 Å².